The number of rotatable bonds is 5. The van der Waals surface area contributed by atoms with Gasteiger partial charge in [0.25, 0.3) is 0 Å². The van der Waals surface area contributed by atoms with Gasteiger partial charge in [0.15, 0.2) is 0 Å². The Hall–Kier alpha value is -3.06. The van der Waals surface area contributed by atoms with Gasteiger partial charge < -0.3 is 26.0 Å². The Labute approximate surface area is 158 Å². The van der Waals surface area contributed by atoms with Crippen LogP contribution >= 0.6 is 0 Å². The molecule has 0 radical (unpaired) electrons. The van der Waals surface area contributed by atoms with Crippen LogP contribution in [-0.4, -0.2) is 36.2 Å². The van der Waals surface area contributed by atoms with Crippen LogP contribution in [0.25, 0.3) is 0 Å². The average molecular weight is 368 g/mol. The van der Waals surface area contributed by atoms with Crippen LogP contribution in [0, 0.1) is 0 Å². The molecule has 0 saturated carbocycles. The Morgan fingerprint density at radius 2 is 1.89 bits per heavy atom. The van der Waals surface area contributed by atoms with Crippen molar-refractivity contribution in [1.82, 2.24) is 10.2 Å². The van der Waals surface area contributed by atoms with Crippen molar-refractivity contribution >= 4 is 17.8 Å². The van der Waals surface area contributed by atoms with Crippen molar-refractivity contribution in [3.63, 3.8) is 0 Å². The van der Waals surface area contributed by atoms with E-state index in [1.807, 2.05) is 48.5 Å². The third kappa shape index (κ3) is 5.46. The number of likely N-dealkylation sites (tertiary alicyclic amines) is 1. The van der Waals surface area contributed by atoms with E-state index in [9.17, 15) is 9.59 Å². The number of nitrogens with one attached hydrogen (secondary N) is 2. The molecule has 7 nitrogen and oxygen atoms in total. The lowest BCUT2D eigenvalue weighted by Gasteiger charge is -2.17. The van der Waals surface area contributed by atoms with E-state index in [0.29, 0.717) is 31.7 Å². The predicted molar refractivity (Wildman–Crippen MR) is 103 cm³/mol. The molecule has 7 heteroatoms. The third-order valence-corrected chi connectivity index (χ3v) is 4.41. The van der Waals surface area contributed by atoms with Crippen molar-refractivity contribution in [3.8, 4) is 0 Å². The summed E-state index contributed by atoms with van der Waals surface area (Å²) in [6.07, 6.45) is 0.329. The van der Waals surface area contributed by atoms with Crippen molar-refractivity contribution in [2.75, 3.05) is 18.4 Å². The lowest BCUT2D eigenvalue weighted by molar-refractivity contribution is 0.103. The number of urea groups is 1. The summed E-state index contributed by atoms with van der Waals surface area (Å²) in [5, 5.41) is 5.69. The number of nitrogens with two attached hydrogens (primary N) is 1. The molecule has 3 rings (SSSR count). The van der Waals surface area contributed by atoms with Crippen molar-refractivity contribution in [2.45, 2.75) is 25.6 Å². The normalized spacial score (nSPS) is 16.0. The van der Waals surface area contributed by atoms with Crippen LogP contribution in [0.1, 0.15) is 17.5 Å². The van der Waals surface area contributed by atoms with Crippen molar-refractivity contribution in [2.24, 2.45) is 5.73 Å². The molecule has 0 bridgehead atoms. The molecule has 1 fully saturated rings. The first-order valence-electron chi connectivity index (χ1n) is 8.96. The summed E-state index contributed by atoms with van der Waals surface area (Å²) < 4.78 is 5.33. The quantitative estimate of drug-likeness (QED) is 0.756. The fourth-order valence-electron chi connectivity index (χ4n) is 2.98. The van der Waals surface area contributed by atoms with Crippen LogP contribution in [0.3, 0.4) is 0 Å². The molecule has 142 valence electrons. The Balaban J connectivity index is 1.43. The summed E-state index contributed by atoms with van der Waals surface area (Å²) in [6, 6.07) is 16.5. The number of carbonyl (C=O) groups excluding carboxylic acids is 2. The van der Waals surface area contributed by atoms with E-state index in [2.05, 4.69) is 10.6 Å². The molecule has 0 aromatic heterocycles. The molecule has 1 aliphatic rings. The summed E-state index contributed by atoms with van der Waals surface area (Å²) in [5.41, 5.74) is 8.19. The third-order valence-electron chi connectivity index (χ3n) is 4.41. The van der Waals surface area contributed by atoms with Crippen LogP contribution < -0.4 is 16.4 Å². The fraction of sp³-hybridized carbons (Fsp3) is 0.300. The number of carbonyl (C=O) groups is 2. The highest BCUT2D eigenvalue weighted by Gasteiger charge is 2.28. The lowest BCUT2D eigenvalue weighted by Crippen LogP contribution is -2.40. The highest BCUT2D eigenvalue weighted by Crippen LogP contribution is 2.13. The van der Waals surface area contributed by atoms with E-state index in [1.54, 1.807) is 11.0 Å². The van der Waals surface area contributed by atoms with E-state index in [-0.39, 0.29) is 24.8 Å². The Morgan fingerprint density at radius 3 is 2.67 bits per heavy atom. The number of anilines is 1. The van der Waals surface area contributed by atoms with E-state index in [4.69, 9.17) is 10.5 Å². The van der Waals surface area contributed by atoms with Crippen LogP contribution in [0.4, 0.5) is 15.3 Å². The number of amides is 3. The number of hydrogen-bond acceptors (Lipinski definition) is 4. The van der Waals surface area contributed by atoms with Crippen molar-refractivity contribution < 1.29 is 14.3 Å². The SMILES string of the molecule is NCc1cccc(NC(=O)N[C@H]2CCN(C(=O)OCc3ccccc3)C2)c1. The van der Waals surface area contributed by atoms with Gasteiger partial charge in [-0.15, -0.1) is 0 Å². The van der Waals surface area contributed by atoms with Crippen molar-refractivity contribution in [1.29, 1.82) is 0 Å². The summed E-state index contributed by atoms with van der Waals surface area (Å²) in [6.45, 7) is 1.65. The Kier molecular flexibility index (Phi) is 6.27. The zero-order valence-electron chi connectivity index (χ0n) is 15.1. The average Bonchev–Trinajstić information content (AvgIpc) is 3.15. The minimum Gasteiger partial charge on any atom is -0.445 e. The molecule has 0 spiro atoms. The fourth-order valence-corrected chi connectivity index (χ4v) is 2.98. The molecular weight excluding hydrogens is 344 g/mol. The highest BCUT2D eigenvalue weighted by atomic mass is 16.6. The minimum atomic E-state index is -0.362. The maximum absolute atomic E-state index is 12.2. The van der Waals surface area contributed by atoms with Crippen LogP contribution in [0.2, 0.25) is 0 Å². The molecular formula is C20H24N4O3. The zero-order chi connectivity index (χ0) is 19.1. The molecule has 1 heterocycles. The van der Waals surface area contributed by atoms with Gasteiger partial charge in [0.2, 0.25) is 0 Å². The first-order valence-corrected chi connectivity index (χ1v) is 8.96. The maximum Gasteiger partial charge on any atom is 0.410 e. The lowest BCUT2D eigenvalue weighted by atomic mass is 10.2. The molecule has 27 heavy (non-hydrogen) atoms. The number of nitrogens with zero attached hydrogens (tertiary/aromatic N) is 1. The Morgan fingerprint density at radius 1 is 1.11 bits per heavy atom. The van der Waals surface area contributed by atoms with Crippen LogP contribution in [-0.2, 0) is 17.9 Å². The van der Waals surface area contributed by atoms with Gasteiger partial charge in [-0.2, -0.15) is 0 Å². The van der Waals surface area contributed by atoms with Gasteiger partial charge in [-0.25, -0.2) is 9.59 Å². The number of ether oxygens (including phenoxy) is 1. The van der Waals surface area contributed by atoms with Gasteiger partial charge >= 0.3 is 12.1 Å². The van der Waals surface area contributed by atoms with Gasteiger partial charge in [0.05, 0.1) is 0 Å². The highest BCUT2D eigenvalue weighted by molar-refractivity contribution is 5.89. The van der Waals surface area contributed by atoms with Crippen LogP contribution in [0.5, 0.6) is 0 Å². The molecule has 1 saturated heterocycles. The largest absolute Gasteiger partial charge is 0.445 e. The van der Waals surface area contributed by atoms with Gasteiger partial charge in [-0.05, 0) is 29.7 Å². The maximum atomic E-state index is 12.2. The van der Waals surface area contributed by atoms with Gasteiger partial charge in [-0.1, -0.05) is 42.5 Å². The van der Waals surface area contributed by atoms with Gasteiger partial charge in [0, 0.05) is 31.4 Å². The number of hydrogen-bond donors (Lipinski definition) is 3. The molecule has 4 N–H and O–H groups in total. The van der Waals surface area contributed by atoms with E-state index in [1.165, 1.54) is 0 Å². The Bertz CT molecular complexity index is 782. The van der Waals surface area contributed by atoms with Gasteiger partial charge in [0.1, 0.15) is 6.61 Å². The second-order valence-electron chi connectivity index (χ2n) is 6.47. The second kappa shape index (κ2) is 9.05. The standard InChI is InChI=1S/C20H24N4O3/c21-12-16-7-4-8-17(11-16)22-19(25)23-18-9-10-24(13-18)20(26)27-14-15-5-2-1-3-6-15/h1-8,11,18H,9-10,12-14,21H2,(H2,22,23,25)/t18-/m0/s1. The molecule has 2 aromatic rings. The first-order chi connectivity index (χ1) is 13.1. The topological polar surface area (TPSA) is 96.7 Å². The summed E-state index contributed by atoms with van der Waals surface area (Å²) in [5.74, 6) is 0. The number of benzene rings is 2. The second-order valence-corrected chi connectivity index (χ2v) is 6.47. The smallest absolute Gasteiger partial charge is 0.410 e. The van der Waals surface area contributed by atoms with Crippen molar-refractivity contribution in [3.05, 3.63) is 65.7 Å². The molecule has 0 aliphatic carbocycles. The molecule has 2 aromatic carbocycles. The summed E-state index contributed by atoms with van der Waals surface area (Å²) >= 11 is 0. The first kappa shape index (κ1) is 18.7. The van der Waals surface area contributed by atoms with E-state index < -0.39 is 0 Å². The minimum absolute atomic E-state index is 0.105. The summed E-state index contributed by atoms with van der Waals surface area (Å²) in [7, 11) is 0. The summed E-state index contributed by atoms with van der Waals surface area (Å²) in [4.78, 5) is 26.0. The molecule has 3 amide bonds. The van der Waals surface area contributed by atoms with Gasteiger partial charge in [-0.3, -0.25) is 0 Å². The van der Waals surface area contributed by atoms with E-state index >= 15 is 0 Å². The zero-order valence-corrected chi connectivity index (χ0v) is 15.1. The monoisotopic (exact) mass is 368 g/mol. The van der Waals surface area contributed by atoms with E-state index in [0.717, 1.165) is 11.1 Å². The molecule has 0 unspecified atom stereocenters. The molecule has 1 aliphatic heterocycles. The predicted octanol–water partition coefficient (Wildman–Crippen LogP) is 2.68. The molecule has 1 atom stereocenters. The van der Waals surface area contributed by atoms with Crippen LogP contribution in [0.15, 0.2) is 54.6 Å².